The number of hydrogen-bond donors (Lipinski definition) is 1. The van der Waals surface area contributed by atoms with E-state index >= 15 is 0 Å². The van der Waals surface area contributed by atoms with Crippen LogP contribution < -0.4 is 5.32 Å². The van der Waals surface area contributed by atoms with Crippen LogP contribution in [0, 0.1) is 5.82 Å². The van der Waals surface area contributed by atoms with Crippen LogP contribution in [0.2, 0.25) is 0 Å². The topological polar surface area (TPSA) is 61.4 Å². The zero-order valence-electron chi connectivity index (χ0n) is 17.1. The number of anilines is 1. The summed E-state index contributed by atoms with van der Waals surface area (Å²) in [5.41, 5.74) is 3.07. The van der Waals surface area contributed by atoms with E-state index in [-0.39, 0.29) is 24.2 Å². The van der Waals surface area contributed by atoms with Crippen LogP contribution >= 0.6 is 0 Å². The van der Waals surface area contributed by atoms with Gasteiger partial charge in [0.15, 0.2) is 5.82 Å². The highest BCUT2D eigenvalue weighted by molar-refractivity contribution is 5.79. The first kappa shape index (κ1) is 19.8. The van der Waals surface area contributed by atoms with Gasteiger partial charge in [-0.25, -0.2) is 14.4 Å². The minimum absolute atomic E-state index is 0.0494. The molecule has 2 aromatic rings. The van der Waals surface area contributed by atoms with Crippen molar-refractivity contribution in [3.8, 4) is 0 Å². The zero-order valence-corrected chi connectivity index (χ0v) is 17.1. The Morgan fingerprint density at radius 3 is 2.76 bits per heavy atom. The molecule has 0 bridgehead atoms. The lowest BCUT2D eigenvalue weighted by atomic mass is 9.99. The zero-order chi connectivity index (χ0) is 20.4. The third kappa shape index (κ3) is 4.24. The molecule has 1 amide bonds. The molecule has 1 atom stereocenters. The van der Waals surface area contributed by atoms with Gasteiger partial charge in [-0.1, -0.05) is 12.1 Å². The average Bonchev–Trinajstić information content (AvgIpc) is 2.74. The number of nitrogens with one attached hydrogen (secondary N) is 1. The Balaban J connectivity index is 1.60. The molecule has 1 aromatic carbocycles. The number of nitrogens with zero attached hydrogens (tertiary/aromatic N) is 4. The molecule has 1 saturated heterocycles. The summed E-state index contributed by atoms with van der Waals surface area (Å²) in [7, 11) is 3.99. The quantitative estimate of drug-likeness (QED) is 0.860. The molecule has 0 aliphatic carbocycles. The van der Waals surface area contributed by atoms with Crippen molar-refractivity contribution < 1.29 is 9.18 Å². The van der Waals surface area contributed by atoms with Gasteiger partial charge in [0.2, 0.25) is 5.91 Å². The molecule has 0 spiro atoms. The van der Waals surface area contributed by atoms with Gasteiger partial charge in [-0.3, -0.25) is 4.79 Å². The highest BCUT2D eigenvalue weighted by Crippen LogP contribution is 2.32. The summed E-state index contributed by atoms with van der Waals surface area (Å²) < 4.78 is 13.2. The van der Waals surface area contributed by atoms with Crippen molar-refractivity contribution >= 4 is 11.7 Å². The lowest BCUT2D eigenvalue weighted by molar-refractivity contribution is -0.134. The van der Waals surface area contributed by atoms with Gasteiger partial charge in [0.25, 0.3) is 0 Å². The van der Waals surface area contributed by atoms with E-state index in [0.29, 0.717) is 6.54 Å². The van der Waals surface area contributed by atoms with Crippen LogP contribution in [-0.2, 0) is 24.2 Å². The van der Waals surface area contributed by atoms with E-state index in [1.807, 2.05) is 11.9 Å². The van der Waals surface area contributed by atoms with Gasteiger partial charge in [-0.05, 0) is 44.0 Å². The molecule has 1 fully saturated rings. The second kappa shape index (κ2) is 8.45. The fraction of sp³-hybridized carbons (Fsp3) is 0.500. The Bertz CT molecular complexity index is 868. The van der Waals surface area contributed by atoms with Gasteiger partial charge in [0, 0.05) is 38.7 Å². The summed E-state index contributed by atoms with van der Waals surface area (Å²) in [6, 6.07) is 6.06. The number of carbonyl (C=O) groups excluding carboxylic acids is 1. The molecule has 0 saturated carbocycles. The lowest BCUT2D eigenvalue weighted by Gasteiger charge is -2.36. The minimum atomic E-state index is -0.287. The largest absolute Gasteiger partial charge is 0.373 e. The summed E-state index contributed by atoms with van der Waals surface area (Å²) >= 11 is 0. The molecule has 1 N–H and O–H groups in total. The molecular weight excluding hydrogens is 369 g/mol. The predicted molar refractivity (Wildman–Crippen MR) is 110 cm³/mol. The van der Waals surface area contributed by atoms with Gasteiger partial charge in [-0.15, -0.1) is 0 Å². The van der Waals surface area contributed by atoms with Gasteiger partial charge in [-0.2, -0.15) is 0 Å². The Morgan fingerprint density at radius 1 is 1.21 bits per heavy atom. The first-order chi connectivity index (χ1) is 14.0. The van der Waals surface area contributed by atoms with E-state index in [1.54, 1.807) is 12.1 Å². The van der Waals surface area contributed by atoms with Crippen molar-refractivity contribution in [1.82, 2.24) is 19.8 Å². The van der Waals surface area contributed by atoms with Crippen LogP contribution in [0.25, 0.3) is 0 Å². The number of fused-ring (bicyclic) bond motifs is 1. The molecule has 29 heavy (non-hydrogen) atoms. The third-order valence-electron chi connectivity index (χ3n) is 5.90. The van der Waals surface area contributed by atoms with Crippen LogP contribution in [0.3, 0.4) is 0 Å². The molecular formula is C22H28FN5O. The van der Waals surface area contributed by atoms with Gasteiger partial charge in [0.1, 0.15) is 11.6 Å². The number of hydrogen-bond acceptors (Lipinski definition) is 5. The number of aromatic nitrogens is 2. The Labute approximate surface area is 171 Å². The number of carbonyl (C=O) groups is 1. The number of amides is 1. The predicted octanol–water partition coefficient (Wildman–Crippen LogP) is 2.94. The maximum absolute atomic E-state index is 13.2. The number of piperidine rings is 1. The van der Waals surface area contributed by atoms with Crippen molar-refractivity contribution in [2.45, 2.75) is 44.7 Å². The monoisotopic (exact) mass is 397 g/mol. The molecule has 1 unspecified atom stereocenters. The average molecular weight is 397 g/mol. The molecule has 0 radical (unpaired) electrons. The molecule has 2 aliphatic rings. The van der Waals surface area contributed by atoms with E-state index in [0.717, 1.165) is 67.2 Å². The molecule has 1 aromatic heterocycles. The van der Waals surface area contributed by atoms with E-state index in [9.17, 15) is 9.18 Å². The minimum Gasteiger partial charge on any atom is -0.373 e. The molecule has 4 rings (SSSR count). The van der Waals surface area contributed by atoms with Crippen molar-refractivity contribution in [2.24, 2.45) is 0 Å². The number of rotatable bonds is 4. The first-order valence-corrected chi connectivity index (χ1v) is 10.3. The van der Waals surface area contributed by atoms with Gasteiger partial charge >= 0.3 is 0 Å². The number of halogens is 1. The van der Waals surface area contributed by atoms with Crippen LogP contribution in [0.4, 0.5) is 10.2 Å². The van der Waals surface area contributed by atoms with Crippen molar-refractivity contribution in [2.75, 3.05) is 32.5 Å². The summed E-state index contributed by atoms with van der Waals surface area (Å²) in [4.78, 5) is 27.0. The molecule has 154 valence electrons. The highest BCUT2D eigenvalue weighted by Gasteiger charge is 2.31. The molecule has 7 heteroatoms. The maximum Gasteiger partial charge on any atom is 0.227 e. The number of likely N-dealkylation sites (tertiary alicyclic amines) is 1. The lowest BCUT2D eigenvalue weighted by Crippen LogP contribution is -2.40. The summed E-state index contributed by atoms with van der Waals surface area (Å²) in [6.45, 7) is 2.52. The number of likely N-dealkylation sites (N-methyl/N-ethyl adjacent to an activating group) is 1. The highest BCUT2D eigenvalue weighted by atomic mass is 19.1. The van der Waals surface area contributed by atoms with E-state index in [4.69, 9.17) is 9.97 Å². The standard InChI is InChI=1S/C22H28FN5O/c1-24-21-17-14-27(2)12-10-18(17)25-22(26-21)19-5-3-4-11-28(19)20(29)13-15-6-8-16(23)9-7-15/h6-9,19H,3-5,10-14H2,1-2H3,(H,24,25,26). The van der Waals surface area contributed by atoms with E-state index in [2.05, 4.69) is 17.3 Å². The smallest absolute Gasteiger partial charge is 0.227 e. The van der Waals surface area contributed by atoms with Crippen LogP contribution in [0.1, 0.15) is 47.9 Å². The fourth-order valence-corrected chi connectivity index (χ4v) is 4.30. The van der Waals surface area contributed by atoms with E-state index < -0.39 is 0 Å². The Morgan fingerprint density at radius 2 is 2.00 bits per heavy atom. The van der Waals surface area contributed by atoms with Crippen molar-refractivity contribution in [3.05, 3.63) is 52.7 Å². The SMILES string of the molecule is CNc1nc(C2CCCCN2C(=O)Cc2ccc(F)cc2)nc2c1CN(C)CC2. The van der Waals surface area contributed by atoms with Crippen molar-refractivity contribution in [1.29, 1.82) is 0 Å². The van der Waals surface area contributed by atoms with Crippen LogP contribution in [0.15, 0.2) is 24.3 Å². The number of benzene rings is 1. The second-order valence-corrected chi connectivity index (χ2v) is 8.00. The second-order valence-electron chi connectivity index (χ2n) is 8.00. The Kier molecular flexibility index (Phi) is 5.76. The van der Waals surface area contributed by atoms with Gasteiger partial charge in [0.05, 0.1) is 18.2 Å². The fourth-order valence-electron chi connectivity index (χ4n) is 4.30. The third-order valence-corrected chi connectivity index (χ3v) is 5.90. The van der Waals surface area contributed by atoms with Crippen LogP contribution in [-0.4, -0.2) is 52.9 Å². The molecule has 3 heterocycles. The van der Waals surface area contributed by atoms with Crippen LogP contribution in [0.5, 0.6) is 0 Å². The summed E-state index contributed by atoms with van der Waals surface area (Å²) in [6.07, 6.45) is 4.08. The maximum atomic E-state index is 13.2. The van der Waals surface area contributed by atoms with E-state index in [1.165, 1.54) is 12.1 Å². The van der Waals surface area contributed by atoms with Gasteiger partial charge < -0.3 is 15.1 Å². The normalized spacial score (nSPS) is 19.7. The molecule has 6 nitrogen and oxygen atoms in total. The Hall–Kier alpha value is -2.54. The summed E-state index contributed by atoms with van der Waals surface area (Å²) in [5, 5.41) is 3.23. The molecule has 2 aliphatic heterocycles. The summed E-state index contributed by atoms with van der Waals surface area (Å²) in [5.74, 6) is 1.37. The van der Waals surface area contributed by atoms with Crippen molar-refractivity contribution in [3.63, 3.8) is 0 Å². The first-order valence-electron chi connectivity index (χ1n) is 10.3.